The molecule has 0 saturated heterocycles. The lowest BCUT2D eigenvalue weighted by molar-refractivity contribution is 0.608. The molecule has 1 heteroatoms. The molecule has 1 rings (SSSR count). The summed E-state index contributed by atoms with van der Waals surface area (Å²) in [5.74, 6) is 0. The summed E-state index contributed by atoms with van der Waals surface area (Å²) in [5, 5.41) is 3.21. The number of rotatable bonds is 3. The van der Waals surface area contributed by atoms with Crippen LogP contribution in [0.3, 0.4) is 0 Å². The summed E-state index contributed by atoms with van der Waals surface area (Å²) in [6, 6.07) is 11.1. The van der Waals surface area contributed by atoms with Crippen molar-refractivity contribution >= 4 is 0 Å². The molecule has 0 heterocycles. The first kappa shape index (κ1) is 8.28. The summed E-state index contributed by atoms with van der Waals surface area (Å²) in [4.78, 5) is 0. The van der Waals surface area contributed by atoms with E-state index in [4.69, 9.17) is 0 Å². The summed E-state index contributed by atoms with van der Waals surface area (Å²) >= 11 is 0. The maximum atomic E-state index is 3.21. The zero-order valence-corrected chi connectivity index (χ0v) is 7.17. The van der Waals surface area contributed by atoms with Crippen molar-refractivity contribution in [3.63, 3.8) is 0 Å². The molecule has 0 bridgehead atoms. The number of likely N-dealkylation sites (N-methyl/N-ethyl adjacent to an activating group) is 1. The molecule has 0 radical (unpaired) electrons. The van der Waals surface area contributed by atoms with Gasteiger partial charge in [-0.3, -0.25) is 0 Å². The summed E-state index contributed by atoms with van der Waals surface area (Å²) in [6.07, 6.45) is 1.11. The van der Waals surface area contributed by atoms with Gasteiger partial charge >= 0.3 is 0 Å². The smallest absolute Gasteiger partial charge is 0.00761 e. The molecule has 1 aromatic rings. The predicted molar refractivity (Wildman–Crippen MR) is 48.7 cm³/mol. The number of hydrogen-bond acceptors (Lipinski definition) is 1. The molecular weight excluding hydrogens is 135 g/mol. The molecule has 1 aromatic carbocycles. The SMILES string of the molecule is CNC(C)Cc1cccc[13cH]1. The highest BCUT2D eigenvalue weighted by Gasteiger charge is 1.97. The van der Waals surface area contributed by atoms with E-state index in [2.05, 4.69) is 36.5 Å². The van der Waals surface area contributed by atoms with E-state index in [1.54, 1.807) is 0 Å². The van der Waals surface area contributed by atoms with Gasteiger partial charge in [0.2, 0.25) is 0 Å². The van der Waals surface area contributed by atoms with Crippen LogP contribution in [-0.2, 0) is 6.42 Å². The Morgan fingerprint density at radius 3 is 2.45 bits per heavy atom. The van der Waals surface area contributed by atoms with Crippen LogP contribution in [0.2, 0.25) is 0 Å². The van der Waals surface area contributed by atoms with Crippen molar-refractivity contribution in [1.82, 2.24) is 5.32 Å². The minimum atomic E-state index is 0.567. The maximum absolute atomic E-state index is 3.21. The predicted octanol–water partition coefficient (Wildman–Crippen LogP) is 1.84. The molecule has 60 valence electrons. The molecular formula is C10H15N. The molecule has 1 atom stereocenters. The van der Waals surface area contributed by atoms with Crippen LogP contribution in [0.25, 0.3) is 0 Å². The Kier molecular flexibility index (Phi) is 3.12. The summed E-state index contributed by atoms with van der Waals surface area (Å²) in [5.41, 5.74) is 1.40. The molecule has 0 aliphatic heterocycles. The Labute approximate surface area is 68.4 Å². The first-order chi connectivity index (χ1) is 5.33. The lowest BCUT2D eigenvalue weighted by atomic mass is 10.1. The van der Waals surface area contributed by atoms with Crippen molar-refractivity contribution in [3.8, 4) is 0 Å². The van der Waals surface area contributed by atoms with Gasteiger partial charge in [-0.05, 0) is 26.0 Å². The second kappa shape index (κ2) is 4.14. The van der Waals surface area contributed by atoms with Crippen LogP contribution in [0.4, 0.5) is 0 Å². The number of benzene rings is 1. The third-order valence-electron chi connectivity index (χ3n) is 1.88. The summed E-state index contributed by atoms with van der Waals surface area (Å²) < 4.78 is 0. The molecule has 0 spiro atoms. The minimum Gasteiger partial charge on any atom is -0.317 e. The van der Waals surface area contributed by atoms with Crippen LogP contribution >= 0.6 is 0 Å². The zero-order chi connectivity index (χ0) is 8.10. The first-order valence-corrected chi connectivity index (χ1v) is 4.04. The lowest BCUT2D eigenvalue weighted by Crippen LogP contribution is -2.23. The molecule has 1 unspecified atom stereocenters. The van der Waals surface area contributed by atoms with Gasteiger partial charge in [-0.1, -0.05) is 30.3 Å². The highest BCUT2D eigenvalue weighted by atomic mass is 14.8. The first-order valence-electron chi connectivity index (χ1n) is 4.04. The van der Waals surface area contributed by atoms with Gasteiger partial charge in [-0.15, -0.1) is 0 Å². The van der Waals surface area contributed by atoms with Gasteiger partial charge in [0, 0.05) is 6.04 Å². The monoisotopic (exact) mass is 150 g/mol. The Hall–Kier alpha value is -0.820. The fourth-order valence-electron chi connectivity index (χ4n) is 1.07. The lowest BCUT2D eigenvalue weighted by Gasteiger charge is -2.08. The maximum Gasteiger partial charge on any atom is 0.00761 e. The third kappa shape index (κ3) is 2.72. The molecule has 0 saturated carbocycles. The standard InChI is InChI=1S/C10H15N/c1-9(11-2)8-10-6-4-3-5-7-10/h3-7,9,11H,8H2,1-2H3/i6+1. The van der Waals surface area contributed by atoms with Crippen molar-refractivity contribution in [3.05, 3.63) is 35.9 Å². The Morgan fingerprint density at radius 2 is 1.91 bits per heavy atom. The normalized spacial score (nSPS) is 12.9. The van der Waals surface area contributed by atoms with Crippen molar-refractivity contribution < 1.29 is 0 Å². The highest BCUT2D eigenvalue weighted by molar-refractivity contribution is 5.15. The zero-order valence-electron chi connectivity index (χ0n) is 7.17. The van der Waals surface area contributed by atoms with E-state index < -0.39 is 0 Å². The molecule has 0 aliphatic carbocycles. The molecule has 0 fully saturated rings. The van der Waals surface area contributed by atoms with Crippen LogP contribution in [-0.4, -0.2) is 13.1 Å². The van der Waals surface area contributed by atoms with E-state index in [-0.39, 0.29) is 0 Å². The molecule has 0 aromatic heterocycles. The second-order valence-corrected chi connectivity index (χ2v) is 2.88. The topological polar surface area (TPSA) is 12.0 Å². The second-order valence-electron chi connectivity index (χ2n) is 2.88. The highest BCUT2D eigenvalue weighted by Crippen LogP contribution is 2.01. The van der Waals surface area contributed by atoms with E-state index in [0.717, 1.165) is 6.42 Å². The quantitative estimate of drug-likeness (QED) is 0.693. The van der Waals surface area contributed by atoms with Gasteiger partial charge in [0.25, 0.3) is 0 Å². The van der Waals surface area contributed by atoms with Crippen molar-refractivity contribution in [2.45, 2.75) is 19.4 Å². The largest absolute Gasteiger partial charge is 0.317 e. The van der Waals surface area contributed by atoms with Gasteiger partial charge < -0.3 is 5.32 Å². The summed E-state index contributed by atoms with van der Waals surface area (Å²) in [6.45, 7) is 2.19. The average Bonchev–Trinajstić information content (AvgIpc) is 2.06. The third-order valence-corrected chi connectivity index (χ3v) is 1.88. The molecule has 1 nitrogen and oxygen atoms in total. The van der Waals surface area contributed by atoms with E-state index in [1.807, 2.05) is 13.1 Å². The van der Waals surface area contributed by atoms with E-state index in [9.17, 15) is 0 Å². The fraction of sp³-hybridized carbons (Fsp3) is 0.400. The van der Waals surface area contributed by atoms with Gasteiger partial charge in [0.15, 0.2) is 0 Å². The van der Waals surface area contributed by atoms with Gasteiger partial charge in [0.1, 0.15) is 0 Å². The summed E-state index contributed by atoms with van der Waals surface area (Å²) in [7, 11) is 1.99. The van der Waals surface area contributed by atoms with Crippen molar-refractivity contribution in [2.24, 2.45) is 0 Å². The number of nitrogens with one attached hydrogen (secondary N) is 1. The van der Waals surface area contributed by atoms with Gasteiger partial charge in [-0.25, -0.2) is 0 Å². The van der Waals surface area contributed by atoms with Crippen LogP contribution in [0.5, 0.6) is 0 Å². The Morgan fingerprint density at radius 1 is 1.27 bits per heavy atom. The van der Waals surface area contributed by atoms with Gasteiger partial charge in [-0.2, -0.15) is 0 Å². The van der Waals surface area contributed by atoms with Crippen molar-refractivity contribution in [2.75, 3.05) is 7.05 Å². The Bertz CT molecular complexity index is 193. The molecule has 0 aliphatic rings. The van der Waals surface area contributed by atoms with Crippen LogP contribution in [0.1, 0.15) is 12.5 Å². The number of hydrogen-bond donors (Lipinski definition) is 1. The minimum absolute atomic E-state index is 0.567. The van der Waals surface area contributed by atoms with E-state index >= 15 is 0 Å². The van der Waals surface area contributed by atoms with Crippen LogP contribution < -0.4 is 5.32 Å². The molecule has 11 heavy (non-hydrogen) atoms. The molecule has 0 amide bonds. The van der Waals surface area contributed by atoms with Crippen molar-refractivity contribution in [1.29, 1.82) is 0 Å². The van der Waals surface area contributed by atoms with Gasteiger partial charge in [0.05, 0.1) is 0 Å². The average molecular weight is 150 g/mol. The fourth-order valence-corrected chi connectivity index (χ4v) is 1.07. The van der Waals surface area contributed by atoms with E-state index in [0.29, 0.717) is 6.04 Å². The van der Waals surface area contributed by atoms with Crippen LogP contribution in [0, 0.1) is 0 Å². The Balaban J connectivity index is 2.51. The molecule has 1 N–H and O–H groups in total. The van der Waals surface area contributed by atoms with E-state index in [1.165, 1.54) is 5.56 Å². The van der Waals surface area contributed by atoms with Crippen LogP contribution in [0.15, 0.2) is 30.3 Å².